The molecule has 1 amide bonds. The molecule has 2 N–H and O–H groups in total. The number of nitrogens with two attached hydrogens (primary N) is 1. The number of nitrogens with zero attached hydrogens (tertiary/aromatic N) is 1. The summed E-state index contributed by atoms with van der Waals surface area (Å²) in [6.07, 6.45) is 3.08. The Labute approximate surface area is 125 Å². The SMILES string of the molecule is CCN(Cc1ccco1)C(=O)[C@@H](N)CCc1ccccc1. The van der Waals surface area contributed by atoms with Gasteiger partial charge < -0.3 is 15.1 Å². The molecule has 2 aromatic rings. The van der Waals surface area contributed by atoms with E-state index in [0.717, 1.165) is 12.2 Å². The van der Waals surface area contributed by atoms with E-state index in [9.17, 15) is 4.79 Å². The molecule has 4 nitrogen and oxygen atoms in total. The average molecular weight is 286 g/mol. The van der Waals surface area contributed by atoms with Crippen molar-refractivity contribution in [1.82, 2.24) is 4.90 Å². The van der Waals surface area contributed by atoms with Crippen LogP contribution >= 0.6 is 0 Å². The monoisotopic (exact) mass is 286 g/mol. The highest BCUT2D eigenvalue weighted by molar-refractivity contribution is 5.81. The minimum atomic E-state index is -0.472. The van der Waals surface area contributed by atoms with Crippen LogP contribution in [0, 0.1) is 0 Å². The second kappa shape index (κ2) is 7.64. The zero-order chi connectivity index (χ0) is 15.1. The van der Waals surface area contributed by atoms with Gasteiger partial charge in [0.05, 0.1) is 18.8 Å². The Morgan fingerprint density at radius 2 is 2.00 bits per heavy atom. The molecule has 0 aliphatic carbocycles. The van der Waals surface area contributed by atoms with Crippen molar-refractivity contribution >= 4 is 5.91 Å². The number of aryl methyl sites for hydroxylation is 1. The van der Waals surface area contributed by atoms with Gasteiger partial charge in [-0.15, -0.1) is 0 Å². The molecular formula is C17H22N2O2. The lowest BCUT2D eigenvalue weighted by Gasteiger charge is -2.23. The highest BCUT2D eigenvalue weighted by Gasteiger charge is 2.20. The molecule has 1 atom stereocenters. The van der Waals surface area contributed by atoms with E-state index in [1.807, 2.05) is 37.3 Å². The second-order valence-corrected chi connectivity index (χ2v) is 5.06. The van der Waals surface area contributed by atoms with Crippen LogP contribution in [0.3, 0.4) is 0 Å². The molecule has 0 saturated heterocycles. The fourth-order valence-electron chi connectivity index (χ4n) is 2.26. The number of benzene rings is 1. The van der Waals surface area contributed by atoms with E-state index in [0.29, 0.717) is 19.5 Å². The van der Waals surface area contributed by atoms with E-state index < -0.39 is 6.04 Å². The van der Waals surface area contributed by atoms with Crippen LogP contribution in [-0.4, -0.2) is 23.4 Å². The number of hydrogen-bond donors (Lipinski definition) is 1. The van der Waals surface area contributed by atoms with E-state index in [-0.39, 0.29) is 5.91 Å². The standard InChI is InChI=1S/C17H22N2O2/c1-2-19(13-15-9-6-12-21-15)17(20)16(18)11-10-14-7-4-3-5-8-14/h3-9,12,16H,2,10-11,13,18H2,1H3/t16-/m0/s1. The Kier molecular flexibility index (Phi) is 5.58. The van der Waals surface area contributed by atoms with Crippen LogP contribution in [-0.2, 0) is 17.8 Å². The Morgan fingerprint density at radius 3 is 2.62 bits per heavy atom. The molecule has 2 rings (SSSR count). The third-order valence-corrected chi connectivity index (χ3v) is 3.52. The third-order valence-electron chi connectivity index (χ3n) is 3.52. The lowest BCUT2D eigenvalue weighted by Crippen LogP contribution is -2.43. The van der Waals surface area contributed by atoms with Gasteiger partial charge in [-0.25, -0.2) is 0 Å². The van der Waals surface area contributed by atoms with Gasteiger partial charge >= 0.3 is 0 Å². The summed E-state index contributed by atoms with van der Waals surface area (Å²) in [7, 11) is 0. The van der Waals surface area contributed by atoms with Crippen molar-refractivity contribution in [1.29, 1.82) is 0 Å². The molecule has 1 heterocycles. The van der Waals surface area contributed by atoms with Crippen molar-refractivity contribution in [3.05, 3.63) is 60.1 Å². The van der Waals surface area contributed by atoms with E-state index >= 15 is 0 Å². The molecule has 0 unspecified atom stereocenters. The normalized spacial score (nSPS) is 12.1. The number of likely N-dealkylation sites (N-methyl/N-ethyl adjacent to an activating group) is 1. The Balaban J connectivity index is 1.87. The van der Waals surface area contributed by atoms with Crippen LogP contribution in [0.2, 0.25) is 0 Å². The molecule has 1 aromatic carbocycles. The van der Waals surface area contributed by atoms with Gasteiger partial charge in [0.15, 0.2) is 0 Å². The Bertz CT molecular complexity index is 537. The van der Waals surface area contributed by atoms with Gasteiger partial charge in [-0.3, -0.25) is 4.79 Å². The second-order valence-electron chi connectivity index (χ2n) is 5.06. The lowest BCUT2D eigenvalue weighted by molar-refractivity contribution is -0.133. The number of furan rings is 1. The summed E-state index contributed by atoms with van der Waals surface area (Å²) in [6, 6.07) is 13.3. The topological polar surface area (TPSA) is 59.5 Å². The molecule has 4 heteroatoms. The van der Waals surface area contributed by atoms with E-state index in [2.05, 4.69) is 12.1 Å². The fourth-order valence-corrected chi connectivity index (χ4v) is 2.26. The van der Waals surface area contributed by atoms with Crippen LogP contribution in [0.1, 0.15) is 24.7 Å². The van der Waals surface area contributed by atoms with Crippen molar-refractivity contribution in [2.45, 2.75) is 32.4 Å². The predicted molar refractivity (Wildman–Crippen MR) is 82.5 cm³/mol. The number of rotatable bonds is 7. The van der Waals surface area contributed by atoms with Crippen molar-refractivity contribution < 1.29 is 9.21 Å². The first-order chi connectivity index (χ1) is 10.2. The van der Waals surface area contributed by atoms with Crippen molar-refractivity contribution in [3.63, 3.8) is 0 Å². The molecule has 0 radical (unpaired) electrons. The molecular weight excluding hydrogens is 264 g/mol. The summed E-state index contributed by atoms with van der Waals surface area (Å²) in [5.74, 6) is 0.755. The summed E-state index contributed by atoms with van der Waals surface area (Å²) in [5, 5.41) is 0. The maximum atomic E-state index is 12.4. The third kappa shape index (κ3) is 4.46. The largest absolute Gasteiger partial charge is 0.467 e. The Morgan fingerprint density at radius 1 is 1.24 bits per heavy atom. The number of carbonyl (C=O) groups is 1. The highest BCUT2D eigenvalue weighted by Crippen LogP contribution is 2.09. The zero-order valence-electron chi connectivity index (χ0n) is 12.4. The van der Waals surface area contributed by atoms with Crippen LogP contribution < -0.4 is 5.73 Å². The summed E-state index contributed by atoms with van der Waals surface area (Å²) in [4.78, 5) is 14.1. The van der Waals surface area contributed by atoms with Gasteiger partial charge in [0.1, 0.15) is 5.76 Å². The maximum Gasteiger partial charge on any atom is 0.239 e. The molecule has 0 aliphatic rings. The molecule has 0 saturated carbocycles. The fraction of sp³-hybridized carbons (Fsp3) is 0.353. The van der Waals surface area contributed by atoms with Crippen molar-refractivity contribution in [3.8, 4) is 0 Å². The van der Waals surface area contributed by atoms with Crippen LogP contribution in [0.25, 0.3) is 0 Å². The molecule has 0 aliphatic heterocycles. The van der Waals surface area contributed by atoms with Gasteiger partial charge in [0.2, 0.25) is 5.91 Å². The first-order valence-corrected chi connectivity index (χ1v) is 7.31. The maximum absolute atomic E-state index is 12.4. The number of hydrogen-bond acceptors (Lipinski definition) is 3. The van der Waals surface area contributed by atoms with Gasteiger partial charge in [-0.05, 0) is 37.5 Å². The lowest BCUT2D eigenvalue weighted by atomic mass is 10.0. The first-order valence-electron chi connectivity index (χ1n) is 7.31. The van der Waals surface area contributed by atoms with E-state index in [4.69, 9.17) is 10.2 Å². The van der Waals surface area contributed by atoms with Crippen LogP contribution in [0.5, 0.6) is 0 Å². The highest BCUT2D eigenvalue weighted by atomic mass is 16.3. The van der Waals surface area contributed by atoms with Crippen LogP contribution in [0.4, 0.5) is 0 Å². The van der Waals surface area contributed by atoms with Gasteiger partial charge in [-0.1, -0.05) is 30.3 Å². The molecule has 112 valence electrons. The van der Waals surface area contributed by atoms with E-state index in [1.165, 1.54) is 5.56 Å². The van der Waals surface area contributed by atoms with Gasteiger partial charge in [-0.2, -0.15) is 0 Å². The van der Waals surface area contributed by atoms with E-state index in [1.54, 1.807) is 11.2 Å². The van der Waals surface area contributed by atoms with Gasteiger partial charge in [0.25, 0.3) is 0 Å². The molecule has 1 aromatic heterocycles. The van der Waals surface area contributed by atoms with Gasteiger partial charge in [0, 0.05) is 6.54 Å². The minimum absolute atomic E-state index is 0.0233. The van der Waals surface area contributed by atoms with Crippen molar-refractivity contribution in [2.75, 3.05) is 6.54 Å². The predicted octanol–water partition coefficient (Wildman–Crippen LogP) is 2.59. The minimum Gasteiger partial charge on any atom is -0.467 e. The molecule has 0 bridgehead atoms. The summed E-state index contributed by atoms with van der Waals surface area (Å²) >= 11 is 0. The molecule has 21 heavy (non-hydrogen) atoms. The smallest absolute Gasteiger partial charge is 0.239 e. The van der Waals surface area contributed by atoms with Crippen LogP contribution in [0.15, 0.2) is 53.1 Å². The molecule has 0 spiro atoms. The molecule has 0 fully saturated rings. The zero-order valence-corrected chi connectivity index (χ0v) is 12.4. The Hall–Kier alpha value is -2.07. The number of carbonyl (C=O) groups excluding carboxylic acids is 1. The summed E-state index contributed by atoms with van der Waals surface area (Å²) in [6.45, 7) is 3.05. The number of amides is 1. The average Bonchev–Trinajstić information content (AvgIpc) is 3.03. The van der Waals surface area contributed by atoms with Crippen molar-refractivity contribution in [2.24, 2.45) is 5.73 Å². The quantitative estimate of drug-likeness (QED) is 0.851. The summed E-state index contributed by atoms with van der Waals surface area (Å²) < 4.78 is 5.29. The first kappa shape index (κ1) is 15.3. The summed E-state index contributed by atoms with van der Waals surface area (Å²) in [5.41, 5.74) is 7.25.